The third kappa shape index (κ3) is 7.20. The molecule has 0 radical (unpaired) electrons. The number of rotatable bonds is 9. The molecule has 1 amide bonds. The maximum absolute atomic E-state index is 11.9. The molecule has 1 aromatic rings. The van der Waals surface area contributed by atoms with Crippen LogP contribution in [0.3, 0.4) is 0 Å². The van der Waals surface area contributed by atoms with E-state index in [1.165, 1.54) is 12.8 Å². The Kier molecular flexibility index (Phi) is 6.26. The lowest BCUT2D eigenvalue weighted by atomic mass is 10.3. The number of amides is 1. The predicted octanol–water partition coefficient (Wildman–Crippen LogP) is 1.70. The van der Waals surface area contributed by atoms with Gasteiger partial charge in [0.1, 0.15) is 12.4 Å². The van der Waals surface area contributed by atoms with Gasteiger partial charge in [-0.25, -0.2) is 8.42 Å². The van der Waals surface area contributed by atoms with Crippen LogP contribution in [-0.2, 0) is 14.6 Å². The molecule has 1 fully saturated rings. The van der Waals surface area contributed by atoms with Crippen molar-refractivity contribution in [2.45, 2.75) is 12.8 Å². The van der Waals surface area contributed by atoms with E-state index in [0.29, 0.717) is 22.4 Å². The normalized spacial score (nSPS) is 14.5. The fourth-order valence-electron chi connectivity index (χ4n) is 1.93. The lowest BCUT2D eigenvalue weighted by Crippen LogP contribution is -2.29. The number of sulfone groups is 1. The molecule has 0 spiro atoms. The Labute approximate surface area is 141 Å². The maximum atomic E-state index is 11.9. The van der Waals surface area contributed by atoms with Gasteiger partial charge < -0.3 is 15.4 Å². The third-order valence-corrected chi connectivity index (χ3v) is 4.49. The zero-order valence-corrected chi connectivity index (χ0v) is 14.5. The van der Waals surface area contributed by atoms with Crippen molar-refractivity contribution in [2.75, 3.05) is 37.0 Å². The molecule has 1 aromatic carbocycles. The molecule has 1 aliphatic rings. The highest BCUT2D eigenvalue weighted by atomic mass is 35.5. The van der Waals surface area contributed by atoms with Crippen LogP contribution < -0.4 is 15.4 Å². The molecule has 0 unspecified atom stereocenters. The summed E-state index contributed by atoms with van der Waals surface area (Å²) in [5.74, 6) is 0.810. The highest BCUT2D eigenvalue weighted by Crippen LogP contribution is 2.28. The topological polar surface area (TPSA) is 84.5 Å². The van der Waals surface area contributed by atoms with Crippen molar-refractivity contribution in [1.29, 1.82) is 0 Å². The number of nitrogens with one attached hydrogen (secondary N) is 2. The van der Waals surface area contributed by atoms with Gasteiger partial charge in [0.2, 0.25) is 5.91 Å². The van der Waals surface area contributed by atoms with E-state index in [9.17, 15) is 13.2 Å². The minimum Gasteiger partial charge on any atom is -0.490 e. The molecule has 0 bridgehead atoms. The summed E-state index contributed by atoms with van der Waals surface area (Å²) in [6, 6.07) is 4.81. The molecule has 2 rings (SSSR count). The van der Waals surface area contributed by atoms with Gasteiger partial charge in [0.25, 0.3) is 0 Å². The quantitative estimate of drug-likeness (QED) is 0.700. The number of halogens is 1. The van der Waals surface area contributed by atoms with E-state index in [1.807, 2.05) is 0 Å². The molecule has 0 atom stereocenters. The van der Waals surface area contributed by atoms with Crippen molar-refractivity contribution < 1.29 is 17.9 Å². The molecule has 0 saturated heterocycles. The zero-order chi connectivity index (χ0) is 16.9. The van der Waals surface area contributed by atoms with Gasteiger partial charge in [0.15, 0.2) is 9.84 Å². The molecule has 23 heavy (non-hydrogen) atoms. The van der Waals surface area contributed by atoms with Crippen molar-refractivity contribution >= 4 is 33.0 Å². The smallest absolute Gasteiger partial charge is 0.238 e. The summed E-state index contributed by atoms with van der Waals surface area (Å²) in [5, 5.41) is 6.29. The Morgan fingerprint density at radius 1 is 1.39 bits per heavy atom. The molecule has 0 aromatic heterocycles. The van der Waals surface area contributed by atoms with Crippen LogP contribution in [0.4, 0.5) is 5.69 Å². The second-order valence-electron chi connectivity index (χ2n) is 5.74. The first-order valence-electron chi connectivity index (χ1n) is 7.44. The summed E-state index contributed by atoms with van der Waals surface area (Å²) in [5.41, 5.74) is 0.434. The van der Waals surface area contributed by atoms with E-state index in [4.69, 9.17) is 16.3 Å². The van der Waals surface area contributed by atoms with Gasteiger partial charge in [0.05, 0.1) is 18.0 Å². The van der Waals surface area contributed by atoms with Crippen LogP contribution in [-0.4, -0.2) is 46.0 Å². The molecule has 2 N–H and O–H groups in total. The van der Waals surface area contributed by atoms with Crippen LogP contribution >= 0.6 is 11.6 Å². The molecule has 128 valence electrons. The predicted molar refractivity (Wildman–Crippen MR) is 90.9 cm³/mol. The SMILES string of the molecule is CS(=O)(=O)CCOc1ccc(Cl)cc1NC(=O)CNCC1CC1. The highest BCUT2D eigenvalue weighted by Gasteiger charge is 2.20. The summed E-state index contributed by atoms with van der Waals surface area (Å²) in [6.45, 7) is 1.08. The van der Waals surface area contributed by atoms with Crippen LogP contribution in [0.2, 0.25) is 5.02 Å². The fourth-order valence-corrected chi connectivity index (χ4v) is 2.49. The minimum absolute atomic E-state index is 0.0171. The Morgan fingerprint density at radius 3 is 2.78 bits per heavy atom. The number of carbonyl (C=O) groups excluding carboxylic acids is 1. The van der Waals surface area contributed by atoms with Gasteiger partial charge in [-0.1, -0.05) is 11.6 Å². The van der Waals surface area contributed by atoms with Gasteiger partial charge in [-0.2, -0.15) is 0 Å². The lowest BCUT2D eigenvalue weighted by molar-refractivity contribution is -0.115. The number of hydrogen-bond acceptors (Lipinski definition) is 5. The van der Waals surface area contributed by atoms with Crippen molar-refractivity contribution in [3.05, 3.63) is 23.2 Å². The summed E-state index contributed by atoms with van der Waals surface area (Å²) < 4.78 is 27.7. The molecule has 0 aliphatic heterocycles. The summed E-state index contributed by atoms with van der Waals surface area (Å²) in [4.78, 5) is 11.9. The van der Waals surface area contributed by atoms with Crippen molar-refractivity contribution in [1.82, 2.24) is 5.32 Å². The largest absolute Gasteiger partial charge is 0.490 e. The van der Waals surface area contributed by atoms with Crippen molar-refractivity contribution in [3.8, 4) is 5.75 Å². The highest BCUT2D eigenvalue weighted by molar-refractivity contribution is 7.90. The van der Waals surface area contributed by atoms with E-state index in [-0.39, 0.29) is 24.8 Å². The molecule has 1 saturated carbocycles. The van der Waals surface area contributed by atoms with Gasteiger partial charge in [0, 0.05) is 11.3 Å². The first-order valence-corrected chi connectivity index (χ1v) is 9.88. The number of carbonyl (C=O) groups is 1. The summed E-state index contributed by atoms with van der Waals surface area (Å²) >= 11 is 5.94. The van der Waals surface area contributed by atoms with E-state index >= 15 is 0 Å². The van der Waals surface area contributed by atoms with Crippen LogP contribution in [0.25, 0.3) is 0 Å². The zero-order valence-electron chi connectivity index (χ0n) is 13.0. The second-order valence-corrected chi connectivity index (χ2v) is 8.44. The van der Waals surface area contributed by atoms with E-state index in [2.05, 4.69) is 10.6 Å². The van der Waals surface area contributed by atoms with Crippen LogP contribution in [0, 0.1) is 5.92 Å². The molecular formula is C15H21ClN2O4S. The molecular weight excluding hydrogens is 340 g/mol. The number of anilines is 1. The Morgan fingerprint density at radius 2 is 2.13 bits per heavy atom. The molecule has 1 aliphatic carbocycles. The van der Waals surface area contributed by atoms with Crippen molar-refractivity contribution in [2.24, 2.45) is 5.92 Å². The standard InChI is InChI=1S/C15H21ClN2O4S/c1-23(20,21)7-6-22-14-5-4-12(16)8-13(14)18-15(19)10-17-9-11-2-3-11/h4-5,8,11,17H,2-3,6-7,9-10H2,1H3,(H,18,19). The monoisotopic (exact) mass is 360 g/mol. The summed E-state index contributed by atoms with van der Waals surface area (Å²) in [7, 11) is -3.10. The van der Waals surface area contributed by atoms with E-state index in [0.717, 1.165) is 12.8 Å². The lowest BCUT2D eigenvalue weighted by Gasteiger charge is -2.13. The van der Waals surface area contributed by atoms with Crippen LogP contribution in [0.1, 0.15) is 12.8 Å². The molecule has 8 heteroatoms. The first-order chi connectivity index (χ1) is 10.8. The Hall–Kier alpha value is -1.31. The van der Waals surface area contributed by atoms with Crippen LogP contribution in [0.5, 0.6) is 5.75 Å². The van der Waals surface area contributed by atoms with Gasteiger partial charge in [-0.05, 0) is 43.5 Å². The molecule has 6 nitrogen and oxygen atoms in total. The second kappa shape index (κ2) is 7.99. The Bertz CT molecular complexity index is 659. The average Bonchev–Trinajstić information content (AvgIpc) is 3.24. The minimum atomic E-state index is -3.10. The maximum Gasteiger partial charge on any atom is 0.238 e. The average molecular weight is 361 g/mol. The first kappa shape index (κ1) is 18.0. The van der Waals surface area contributed by atoms with Gasteiger partial charge in [-0.3, -0.25) is 4.79 Å². The third-order valence-electron chi connectivity index (χ3n) is 3.34. The number of hydrogen-bond donors (Lipinski definition) is 2. The number of benzene rings is 1. The van der Waals surface area contributed by atoms with Gasteiger partial charge in [-0.15, -0.1) is 0 Å². The van der Waals surface area contributed by atoms with E-state index in [1.54, 1.807) is 18.2 Å². The van der Waals surface area contributed by atoms with Gasteiger partial charge >= 0.3 is 0 Å². The number of ether oxygens (including phenoxy) is 1. The molecule has 0 heterocycles. The van der Waals surface area contributed by atoms with Crippen molar-refractivity contribution in [3.63, 3.8) is 0 Å². The van der Waals surface area contributed by atoms with E-state index < -0.39 is 9.84 Å². The fraction of sp³-hybridized carbons (Fsp3) is 0.533. The summed E-state index contributed by atoms with van der Waals surface area (Å²) in [6.07, 6.45) is 3.59. The Balaban J connectivity index is 1.89. The van der Waals surface area contributed by atoms with Crippen LogP contribution in [0.15, 0.2) is 18.2 Å².